The molecule has 0 radical (unpaired) electrons. The summed E-state index contributed by atoms with van der Waals surface area (Å²) in [5.41, 5.74) is 3.29. The van der Waals surface area contributed by atoms with E-state index in [4.69, 9.17) is 17.0 Å². The molecule has 0 aliphatic rings. The van der Waals surface area contributed by atoms with E-state index in [0.717, 1.165) is 0 Å². The first-order valence-electron chi connectivity index (χ1n) is 5.38. The summed E-state index contributed by atoms with van der Waals surface area (Å²) >= 11 is 0. The molecule has 0 aromatic heterocycles. The molecule has 1 aromatic carbocycles. The van der Waals surface area contributed by atoms with Crippen LogP contribution < -0.4 is 22.0 Å². The maximum Gasteiger partial charge on any atom is 0.416 e. The first kappa shape index (κ1) is 17.6. The van der Waals surface area contributed by atoms with Gasteiger partial charge in [0.25, 0.3) is 0 Å². The van der Waals surface area contributed by atoms with E-state index >= 15 is 0 Å². The van der Waals surface area contributed by atoms with Gasteiger partial charge in [0, 0.05) is 0 Å². The van der Waals surface area contributed by atoms with Crippen LogP contribution in [0.15, 0.2) is 23.3 Å². The van der Waals surface area contributed by atoms with Crippen molar-refractivity contribution in [2.45, 2.75) is 12.4 Å². The van der Waals surface area contributed by atoms with Gasteiger partial charge in [0.05, 0.1) is 23.2 Å². The molecule has 22 heavy (non-hydrogen) atoms. The minimum Gasteiger partial charge on any atom is -0.368 e. The second-order valence-corrected chi connectivity index (χ2v) is 3.86. The highest BCUT2D eigenvalue weighted by atomic mass is 19.4. The third kappa shape index (κ3) is 4.00. The summed E-state index contributed by atoms with van der Waals surface area (Å²) in [7, 11) is 0. The Bertz CT molecular complexity index is 546. The molecule has 1 rings (SSSR count). The van der Waals surface area contributed by atoms with E-state index in [1.165, 1.54) is 0 Å². The summed E-state index contributed by atoms with van der Waals surface area (Å²) in [4.78, 5) is 0.490. The molecule has 0 fully saturated rings. The van der Waals surface area contributed by atoms with Gasteiger partial charge in [-0.2, -0.15) is 26.3 Å². The molecular formula is C10H10F6N6. The molecule has 12 heteroatoms. The van der Waals surface area contributed by atoms with E-state index in [2.05, 4.69) is 5.10 Å². The van der Waals surface area contributed by atoms with Crippen molar-refractivity contribution >= 4 is 18.0 Å². The molecule has 0 atom stereocenters. The Morgan fingerprint density at radius 1 is 1.09 bits per heavy atom. The fourth-order valence-corrected chi connectivity index (χ4v) is 1.47. The number of guanidine groups is 1. The summed E-state index contributed by atoms with van der Waals surface area (Å²) in [5.74, 6) is 4.20. The number of hydrazine groups is 1. The zero-order valence-electron chi connectivity index (χ0n) is 10.6. The molecule has 0 bridgehead atoms. The van der Waals surface area contributed by atoms with Gasteiger partial charge in [-0.25, -0.2) is 11.4 Å². The molecule has 0 spiro atoms. The van der Waals surface area contributed by atoms with Crippen LogP contribution in [0.1, 0.15) is 11.1 Å². The number of hydrogen-bond donors (Lipinski definition) is 4. The molecule has 0 unspecified atom stereocenters. The van der Waals surface area contributed by atoms with Crippen LogP contribution in [-0.4, -0.2) is 12.3 Å². The zero-order valence-corrected chi connectivity index (χ0v) is 10.6. The molecule has 0 amide bonds. The van der Waals surface area contributed by atoms with Crippen LogP contribution in [0, 0.1) is 5.41 Å². The first-order valence-corrected chi connectivity index (χ1v) is 5.38. The molecule has 6 nitrogen and oxygen atoms in total. The highest BCUT2D eigenvalue weighted by Gasteiger charge is 2.37. The van der Waals surface area contributed by atoms with Crippen LogP contribution in [0.5, 0.6) is 0 Å². The Kier molecular flexibility index (Phi) is 4.86. The van der Waals surface area contributed by atoms with Gasteiger partial charge in [0.2, 0.25) is 5.96 Å². The predicted octanol–water partition coefficient (Wildman–Crippen LogP) is 1.83. The van der Waals surface area contributed by atoms with Gasteiger partial charge in [-0.3, -0.25) is 10.3 Å². The minimum absolute atomic E-state index is 0.0415. The number of hydrazone groups is 1. The van der Waals surface area contributed by atoms with Gasteiger partial charge in [0.15, 0.2) is 0 Å². The lowest BCUT2D eigenvalue weighted by Gasteiger charge is -2.21. The van der Waals surface area contributed by atoms with Crippen molar-refractivity contribution < 1.29 is 26.3 Å². The quantitative estimate of drug-likeness (QED) is 0.223. The van der Waals surface area contributed by atoms with Crippen molar-refractivity contribution in [3.63, 3.8) is 0 Å². The van der Waals surface area contributed by atoms with Crippen molar-refractivity contribution in [3.05, 3.63) is 29.3 Å². The topological polar surface area (TPSA) is 104 Å². The van der Waals surface area contributed by atoms with Crippen molar-refractivity contribution in [1.82, 2.24) is 5.53 Å². The monoisotopic (exact) mass is 328 g/mol. The standard InChI is InChI=1S/C10H10F6N6/c11-9(12,13)5-1-6(10(14,15)16)3-7(2-5)22(4-17)8(18)20-21-19/h1-4,17,21H,19H2,(H2,18,20). The number of nitrogens with two attached hydrogens (primary N) is 2. The Morgan fingerprint density at radius 2 is 1.55 bits per heavy atom. The summed E-state index contributed by atoms with van der Waals surface area (Å²) in [6, 6.07) is 0.762. The lowest BCUT2D eigenvalue weighted by Crippen LogP contribution is -2.39. The van der Waals surface area contributed by atoms with Crippen molar-refractivity contribution in [3.8, 4) is 0 Å². The second-order valence-electron chi connectivity index (χ2n) is 3.86. The fraction of sp³-hybridized carbons (Fsp3) is 0.200. The number of anilines is 1. The maximum absolute atomic E-state index is 12.7. The van der Waals surface area contributed by atoms with Crippen LogP contribution in [0.25, 0.3) is 0 Å². The Hall–Kier alpha value is -2.50. The molecule has 6 N–H and O–H groups in total. The van der Waals surface area contributed by atoms with Crippen LogP contribution in [0.4, 0.5) is 32.0 Å². The van der Waals surface area contributed by atoms with E-state index in [1.54, 1.807) is 5.53 Å². The minimum atomic E-state index is -5.01. The Morgan fingerprint density at radius 3 is 1.86 bits per heavy atom. The predicted molar refractivity (Wildman–Crippen MR) is 66.7 cm³/mol. The van der Waals surface area contributed by atoms with Gasteiger partial charge in [-0.05, 0) is 18.2 Å². The normalized spacial score (nSPS) is 13.0. The Balaban J connectivity index is 3.53. The second kappa shape index (κ2) is 6.09. The zero-order chi connectivity index (χ0) is 17.1. The molecule has 1 aromatic rings. The first-order chi connectivity index (χ1) is 10.0. The number of benzene rings is 1. The average molecular weight is 328 g/mol. The van der Waals surface area contributed by atoms with Gasteiger partial charge >= 0.3 is 12.4 Å². The number of rotatable bonds is 3. The number of nitrogens with one attached hydrogen (secondary N) is 2. The maximum atomic E-state index is 12.7. The smallest absolute Gasteiger partial charge is 0.368 e. The van der Waals surface area contributed by atoms with E-state index in [1.807, 2.05) is 0 Å². The Labute approximate surface area is 119 Å². The van der Waals surface area contributed by atoms with E-state index in [9.17, 15) is 26.3 Å². The number of alkyl halides is 6. The summed E-state index contributed by atoms with van der Waals surface area (Å²) in [6.07, 6.45) is -9.63. The third-order valence-electron chi connectivity index (χ3n) is 2.41. The highest BCUT2D eigenvalue weighted by Crippen LogP contribution is 2.38. The van der Waals surface area contributed by atoms with Crippen LogP contribution in [0.2, 0.25) is 0 Å². The number of halogens is 6. The van der Waals surface area contributed by atoms with Crippen LogP contribution >= 0.6 is 0 Å². The van der Waals surface area contributed by atoms with Crippen LogP contribution in [0.3, 0.4) is 0 Å². The third-order valence-corrected chi connectivity index (χ3v) is 2.41. The van der Waals surface area contributed by atoms with Crippen molar-refractivity contribution in [2.24, 2.45) is 16.7 Å². The highest BCUT2D eigenvalue weighted by molar-refractivity contribution is 6.08. The van der Waals surface area contributed by atoms with E-state index in [0.29, 0.717) is 23.4 Å². The van der Waals surface area contributed by atoms with Crippen molar-refractivity contribution in [2.75, 3.05) is 4.90 Å². The van der Waals surface area contributed by atoms with E-state index in [-0.39, 0.29) is 6.07 Å². The molecule has 0 saturated heterocycles. The molecular weight excluding hydrogens is 318 g/mol. The van der Waals surface area contributed by atoms with E-state index < -0.39 is 35.1 Å². The SMILES string of the molecule is N=CN(C(N)=NNN)c1cc(C(F)(F)F)cc(C(F)(F)F)c1. The number of hydrogen-bond acceptors (Lipinski definition) is 4. The van der Waals surface area contributed by atoms with Gasteiger partial charge in [-0.15, -0.1) is 5.10 Å². The average Bonchev–Trinajstić information content (AvgIpc) is 2.37. The summed E-state index contributed by atoms with van der Waals surface area (Å²) in [5, 5.41) is 10.3. The molecule has 0 aliphatic heterocycles. The van der Waals surface area contributed by atoms with Gasteiger partial charge < -0.3 is 5.73 Å². The van der Waals surface area contributed by atoms with Crippen LogP contribution in [-0.2, 0) is 12.4 Å². The summed E-state index contributed by atoms with van der Waals surface area (Å²) in [6.45, 7) is 0. The molecule has 0 saturated carbocycles. The van der Waals surface area contributed by atoms with Gasteiger partial charge in [-0.1, -0.05) is 0 Å². The summed E-state index contributed by atoms with van der Waals surface area (Å²) < 4.78 is 76.3. The van der Waals surface area contributed by atoms with Gasteiger partial charge in [0.1, 0.15) is 0 Å². The molecule has 0 aliphatic carbocycles. The number of nitrogens with zero attached hydrogens (tertiary/aromatic N) is 2. The molecule has 122 valence electrons. The van der Waals surface area contributed by atoms with Crippen molar-refractivity contribution in [1.29, 1.82) is 5.41 Å². The lowest BCUT2D eigenvalue weighted by atomic mass is 10.1. The largest absolute Gasteiger partial charge is 0.416 e. The fourth-order valence-electron chi connectivity index (χ4n) is 1.47. The molecule has 0 heterocycles. The lowest BCUT2D eigenvalue weighted by molar-refractivity contribution is -0.143.